The van der Waals surface area contributed by atoms with Crippen molar-refractivity contribution in [2.45, 2.75) is 25.6 Å². The zero-order chi connectivity index (χ0) is 16.6. The lowest BCUT2D eigenvalue weighted by atomic mass is 9.94. The number of halogens is 1. The fourth-order valence-electron chi connectivity index (χ4n) is 2.71. The van der Waals surface area contributed by atoms with Crippen molar-refractivity contribution in [3.63, 3.8) is 0 Å². The third kappa shape index (κ3) is 3.39. The van der Waals surface area contributed by atoms with Crippen molar-refractivity contribution >= 4 is 38.6 Å². The van der Waals surface area contributed by atoms with Crippen LogP contribution in [-0.4, -0.2) is 45.5 Å². The highest BCUT2D eigenvalue weighted by molar-refractivity contribution is 9.10. The zero-order valence-electron chi connectivity index (χ0n) is 12.9. The van der Waals surface area contributed by atoms with Gasteiger partial charge in [0.15, 0.2) is 5.82 Å². The van der Waals surface area contributed by atoms with Gasteiger partial charge in [-0.1, -0.05) is 28.1 Å². The lowest BCUT2D eigenvalue weighted by Crippen LogP contribution is -2.45. The molecule has 0 radical (unpaired) electrons. The molecule has 1 aromatic heterocycles. The van der Waals surface area contributed by atoms with Crippen molar-refractivity contribution in [1.29, 1.82) is 0 Å². The second kappa shape index (κ2) is 6.54. The van der Waals surface area contributed by atoms with Gasteiger partial charge >= 0.3 is 5.97 Å². The first-order valence-electron chi connectivity index (χ1n) is 7.18. The summed E-state index contributed by atoms with van der Waals surface area (Å²) in [5.74, 6) is -0.141. The topological polar surface area (TPSA) is 69.6 Å². The summed E-state index contributed by atoms with van der Waals surface area (Å²) in [6, 6.07) is 5.42. The van der Waals surface area contributed by atoms with E-state index in [0.29, 0.717) is 25.3 Å². The summed E-state index contributed by atoms with van der Waals surface area (Å²) in [7, 11) is 3.83. The Labute approximate surface area is 147 Å². The van der Waals surface area contributed by atoms with Crippen LogP contribution in [0.1, 0.15) is 17.0 Å². The highest BCUT2D eigenvalue weighted by Gasteiger charge is 2.33. The molecule has 1 unspecified atom stereocenters. The molecule has 0 bridgehead atoms. The first-order chi connectivity index (χ1) is 11.0. The summed E-state index contributed by atoms with van der Waals surface area (Å²) in [4.78, 5) is 20.0. The van der Waals surface area contributed by atoms with Crippen LogP contribution in [-0.2, 0) is 24.3 Å². The van der Waals surface area contributed by atoms with Crippen LogP contribution in [0.2, 0.25) is 0 Å². The molecule has 1 aliphatic heterocycles. The van der Waals surface area contributed by atoms with Gasteiger partial charge in [0.25, 0.3) is 0 Å². The van der Waals surface area contributed by atoms with Crippen molar-refractivity contribution < 1.29 is 9.90 Å². The highest BCUT2D eigenvalue weighted by atomic mass is 79.9. The summed E-state index contributed by atoms with van der Waals surface area (Å²) in [6.45, 7) is 1.02. The summed E-state index contributed by atoms with van der Waals surface area (Å²) in [6.07, 6.45) is 0.483. The maximum atomic E-state index is 11.7. The third-order valence-corrected chi connectivity index (χ3v) is 5.56. The first-order valence-corrected chi connectivity index (χ1v) is 8.75. The number of hydrogen-bond acceptors (Lipinski definition) is 6. The Morgan fingerprint density at radius 2 is 2.30 bits per heavy atom. The monoisotopic (exact) mass is 396 g/mol. The Morgan fingerprint density at radius 3 is 2.96 bits per heavy atom. The fraction of sp³-hybridized carbons (Fsp3) is 0.400. The Kier molecular flexibility index (Phi) is 4.65. The number of benzene rings is 1. The van der Waals surface area contributed by atoms with E-state index >= 15 is 0 Å². The molecule has 2 aromatic rings. The van der Waals surface area contributed by atoms with Crippen LogP contribution in [0.25, 0.3) is 0 Å². The SMILES string of the molecule is CN(C)c1nc(CN2Cc3cccc(Br)c3CC2C(=O)O)ns1. The number of carboxylic acid groups (broad SMARTS) is 1. The number of aliphatic carboxylic acids is 1. The summed E-state index contributed by atoms with van der Waals surface area (Å²) in [5.41, 5.74) is 2.23. The maximum absolute atomic E-state index is 11.7. The van der Waals surface area contributed by atoms with E-state index in [2.05, 4.69) is 25.3 Å². The van der Waals surface area contributed by atoms with Gasteiger partial charge in [-0.3, -0.25) is 9.69 Å². The van der Waals surface area contributed by atoms with Gasteiger partial charge in [0.1, 0.15) is 6.04 Å². The maximum Gasteiger partial charge on any atom is 0.321 e. The van der Waals surface area contributed by atoms with Crippen LogP contribution >= 0.6 is 27.5 Å². The number of nitrogens with zero attached hydrogens (tertiary/aromatic N) is 4. The summed E-state index contributed by atoms with van der Waals surface area (Å²) >= 11 is 4.85. The predicted octanol–water partition coefficient (Wildman–Crippen LogP) is 2.38. The third-order valence-electron chi connectivity index (χ3n) is 3.90. The number of rotatable bonds is 4. The van der Waals surface area contributed by atoms with Crippen LogP contribution in [0.5, 0.6) is 0 Å². The molecule has 2 heterocycles. The van der Waals surface area contributed by atoms with Crippen molar-refractivity contribution in [1.82, 2.24) is 14.3 Å². The lowest BCUT2D eigenvalue weighted by Gasteiger charge is -2.34. The Balaban J connectivity index is 1.86. The molecule has 1 N–H and O–H groups in total. The highest BCUT2D eigenvalue weighted by Crippen LogP contribution is 2.30. The van der Waals surface area contributed by atoms with E-state index < -0.39 is 12.0 Å². The molecule has 122 valence electrons. The fourth-order valence-corrected chi connectivity index (χ4v) is 3.88. The Morgan fingerprint density at radius 1 is 1.52 bits per heavy atom. The molecule has 6 nitrogen and oxygen atoms in total. The predicted molar refractivity (Wildman–Crippen MR) is 92.8 cm³/mol. The molecule has 0 amide bonds. The summed E-state index contributed by atoms with van der Waals surface area (Å²) in [5, 5.41) is 10.4. The second-order valence-corrected chi connectivity index (χ2v) is 7.31. The molecule has 0 saturated carbocycles. The molecule has 0 saturated heterocycles. The number of fused-ring (bicyclic) bond motifs is 1. The van der Waals surface area contributed by atoms with E-state index in [0.717, 1.165) is 20.7 Å². The van der Waals surface area contributed by atoms with E-state index in [4.69, 9.17) is 0 Å². The molecule has 3 rings (SSSR count). The van der Waals surface area contributed by atoms with Crippen LogP contribution in [0.3, 0.4) is 0 Å². The largest absolute Gasteiger partial charge is 0.480 e. The van der Waals surface area contributed by atoms with Crippen LogP contribution in [0.15, 0.2) is 22.7 Å². The van der Waals surface area contributed by atoms with Gasteiger partial charge in [-0.15, -0.1) is 0 Å². The molecular formula is C15H17BrN4O2S. The standard InChI is InChI=1S/C15H17BrN4O2S/c1-19(2)15-17-13(18-23-15)8-20-7-9-4-3-5-11(16)10(9)6-12(20)14(21)22/h3-5,12H,6-8H2,1-2H3,(H,21,22). The van der Waals surface area contributed by atoms with Crippen molar-refractivity contribution in [2.24, 2.45) is 0 Å². The molecule has 0 spiro atoms. The van der Waals surface area contributed by atoms with Gasteiger partial charge in [-0.25, -0.2) is 4.98 Å². The van der Waals surface area contributed by atoms with Gasteiger partial charge in [0.05, 0.1) is 6.54 Å². The Bertz CT molecular complexity index is 734. The van der Waals surface area contributed by atoms with E-state index in [9.17, 15) is 9.90 Å². The average molecular weight is 397 g/mol. The number of aromatic nitrogens is 2. The minimum Gasteiger partial charge on any atom is -0.480 e. The molecular weight excluding hydrogens is 380 g/mol. The van der Waals surface area contributed by atoms with Gasteiger partial charge in [0, 0.05) is 43.1 Å². The summed E-state index contributed by atoms with van der Waals surface area (Å²) < 4.78 is 5.32. The molecule has 0 aliphatic carbocycles. The first kappa shape index (κ1) is 16.4. The van der Waals surface area contributed by atoms with E-state index in [-0.39, 0.29) is 0 Å². The van der Waals surface area contributed by atoms with Gasteiger partial charge in [-0.05, 0) is 17.2 Å². The molecule has 1 aromatic carbocycles. The number of carboxylic acids is 1. The van der Waals surface area contributed by atoms with Crippen LogP contribution in [0, 0.1) is 0 Å². The number of anilines is 1. The van der Waals surface area contributed by atoms with Gasteiger partial charge < -0.3 is 10.0 Å². The van der Waals surface area contributed by atoms with E-state index in [1.165, 1.54) is 11.5 Å². The normalized spacial score (nSPS) is 17.8. The quantitative estimate of drug-likeness (QED) is 0.855. The molecule has 1 aliphatic rings. The molecule has 8 heteroatoms. The van der Waals surface area contributed by atoms with E-state index in [1.807, 2.05) is 42.1 Å². The molecule has 0 fully saturated rings. The number of hydrogen-bond donors (Lipinski definition) is 1. The minimum absolute atomic E-state index is 0.438. The van der Waals surface area contributed by atoms with Gasteiger partial charge in [0.2, 0.25) is 5.13 Å². The minimum atomic E-state index is -0.811. The lowest BCUT2D eigenvalue weighted by molar-refractivity contribution is -0.144. The van der Waals surface area contributed by atoms with Gasteiger partial charge in [-0.2, -0.15) is 4.37 Å². The van der Waals surface area contributed by atoms with Crippen LogP contribution < -0.4 is 4.90 Å². The average Bonchev–Trinajstić information content (AvgIpc) is 2.95. The number of carbonyl (C=O) groups is 1. The smallest absolute Gasteiger partial charge is 0.321 e. The second-order valence-electron chi connectivity index (χ2n) is 5.73. The zero-order valence-corrected chi connectivity index (χ0v) is 15.3. The van der Waals surface area contributed by atoms with Crippen molar-refractivity contribution in [3.8, 4) is 0 Å². The molecule has 23 heavy (non-hydrogen) atoms. The Hall–Kier alpha value is -1.51. The van der Waals surface area contributed by atoms with E-state index in [1.54, 1.807) is 0 Å². The van der Waals surface area contributed by atoms with Crippen LogP contribution in [0.4, 0.5) is 5.13 Å². The van der Waals surface area contributed by atoms with Crippen molar-refractivity contribution in [3.05, 3.63) is 39.6 Å². The molecule has 1 atom stereocenters. The van der Waals surface area contributed by atoms with Crippen molar-refractivity contribution in [2.75, 3.05) is 19.0 Å².